The molecule has 8 heteroatoms. The molecule has 0 spiro atoms. The fraction of sp³-hybridized carbons (Fsp3) is 0.455. The third-order valence-corrected chi connectivity index (χ3v) is 5.91. The number of amides is 1. The number of aliphatic hydroxyl groups excluding tert-OH is 1. The normalized spacial score (nSPS) is 21.9. The predicted molar refractivity (Wildman–Crippen MR) is 114 cm³/mol. The molecule has 2 unspecified atom stereocenters. The number of aromatic amines is 1. The minimum Gasteiger partial charge on any atom is -0.384 e. The summed E-state index contributed by atoms with van der Waals surface area (Å²) in [4.78, 5) is 22.1. The van der Waals surface area contributed by atoms with Crippen LogP contribution in [0.4, 0.5) is 10.2 Å². The smallest absolute Gasteiger partial charge is 0.268 e. The number of hydrogen-bond donors (Lipinski definition) is 4. The number of piperidine rings is 1. The Hall–Kier alpha value is -2.71. The van der Waals surface area contributed by atoms with Gasteiger partial charge in [0.25, 0.3) is 5.91 Å². The number of nitrogens with two attached hydrogens (primary N) is 1. The van der Waals surface area contributed by atoms with Gasteiger partial charge in [-0.3, -0.25) is 9.69 Å². The lowest BCUT2D eigenvalue weighted by Gasteiger charge is -2.37. The van der Waals surface area contributed by atoms with Crippen molar-refractivity contribution in [1.29, 1.82) is 0 Å². The SMILES string of the molecule is Nc1cc2cc(C(=O)N[C@@H](CC3C=CC(F)=CC3)C(O)N3CCCCC3)[nH]c2cn1. The highest BCUT2D eigenvalue weighted by Crippen LogP contribution is 2.25. The first kappa shape index (κ1) is 20.6. The molecular formula is C22H28FN5O2. The standard InChI is InChI=1S/C22H28FN5O2/c23-16-6-4-14(5-7-16)10-18(22(30)28-8-2-1-3-9-28)27-21(29)17-11-15-12-20(24)25-13-19(15)26-17/h4,6-7,11-14,18,22,26,30H,1-3,5,8-10H2,(H2,24,25)(H,27,29)/t14?,18-,22?/m0/s1. The molecule has 2 aromatic heterocycles. The van der Waals surface area contributed by atoms with Crippen molar-refractivity contribution in [1.82, 2.24) is 20.2 Å². The van der Waals surface area contributed by atoms with Crippen LogP contribution in [0.5, 0.6) is 0 Å². The number of halogens is 1. The summed E-state index contributed by atoms with van der Waals surface area (Å²) in [7, 11) is 0. The van der Waals surface area contributed by atoms with Crippen molar-refractivity contribution in [3.05, 3.63) is 48.1 Å². The van der Waals surface area contributed by atoms with Crippen LogP contribution in [0, 0.1) is 5.92 Å². The van der Waals surface area contributed by atoms with Gasteiger partial charge in [0.15, 0.2) is 0 Å². The molecule has 0 saturated carbocycles. The van der Waals surface area contributed by atoms with Crippen LogP contribution in [0.2, 0.25) is 0 Å². The number of fused-ring (bicyclic) bond motifs is 1. The molecule has 1 aliphatic heterocycles. The number of hydrogen-bond acceptors (Lipinski definition) is 5. The van der Waals surface area contributed by atoms with E-state index in [1.165, 1.54) is 6.08 Å². The number of aromatic nitrogens is 2. The average Bonchev–Trinajstić information content (AvgIpc) is 3.18. The molecule has 0 radical (unpaired) electrons. The second-order valence-electron chi connectivity index (χ2n) is 8.15. The van der Waals surface area contributed by atoms with Crippen molar-refractivity contribution in [3.8, 4) is 0 Å². The van der Waals surface area contributed by atoms with E-state index in [-0.39, 0.29) is 17.7 Å². The van der Waals surface area contributed by atoms with E-state index in [0.717, 1.165) is 43.3 Å². The van der Waals surface area contributed by atoms with Gasteiger partial charge in [-0.1, -0.05) is 12.5 Å². The summed E-state index contributed by atoms with van der Waals surface area (Å²) >= 11 is 0. The minimum atomic E-state index is -0.792. The molecule has 7 nitrogen and oxygen atoms in total. The molecule has 30 heavy (non-hydrogen) atoms. The molecule has 160 valence electrons. The Morgan fingerprint density at radius 2 is 2.17 bits per heavy atom. The average molecular weight is 413 g/mol. The molecule has 1 aliphatic carbocycles. The molecule has 1 amide bonds. The molecule has 2 aliphatic rings. The van der Waals surface area contributed by atoms with Gasteiger partial charge in [-0.15, -0.1) is 0 Å². The number of carbonyl (C=O) groups excluding carboxylic acids is 1. The van der Waals surface area contributed by atoms with E-state index in [2.05, 4.69) is 15.3 Å². The summed E-state index contributed by atoms with van der Waals surface area (Å²) in [6, 6.07) is 2.96. The molecular weight excluding hydrogens is 385 g/mol. The monoisotopic (exact) mass is 413 g/mol. The third kappa shape index (κ3) is 4.71. The van der Waals surface area contributed by atoms with Gasteiger partial charge < -0.3 is 21.1 Å². The van der Waals surface area contributed by atoms with E-state index in [1.807, 2.05) is 11.0 Å². The van der Waals surface area contributed by atoms with Crippen LogP contribution in [0.3, 0.4) is 0 Å². The lowest BCUT2D eigenvalue weighted by atomic mass is 9.91. The second-order valence-corrected chi connectivity index (χ2v) is 8.15. The number of H-pyrrole nitrogens is 1. The Labute approximate surface area is 174 Å². The first-order valence-electron chi connectivity index (χ1n) is 10.5. The Kier molecular flexibility index (Phi) is 6.15. The number of nitrogens with one attached hydrogen (secondary N) is 2. The van der Waals surface area contributed by atoms with Crippen molar-refractivity contribution >= 4 is 22.6 Å². The maximum absolute atomic E-state index is 13.3. The summed E-state index contributed by atoms with van der Waals surface area (Å²) in [6.07, 6.45) is 9.92. The van der Waals surface area contributed by atoms with E-state index in [1.54, 1.807) is 24.4 Å². The first-order valence-corrected chi connectivity index (χ1v) is 10.5. The lowest BCUT2D eigenvalue weighted by Crippen LogP contribution is -2.53. The molecule has 0 aromatic carbocycles. The zero-order chi connectivity index (χ0) is 21.1. The zero-order valence-corrected chi connectivity index (χ0v) is 16.9. The summed E-state index contributed by atoms with van der Waals surface area (Å²) in [5.74, 6) is -0.0982. The van der Waals surface area contributed by atoms with Crippen molar-refractivity contribution in [2.45, 2.75) is 44.4 Å². The quantitative estimate of drug-likeness (QED) is 0.583. The second kappa shape index (κ2) is 8.97. The summed E-state index contributed by atoms with van der Waals surface area (Å²) in [5.41, 5.74) is 6.83. The van der Waals surface area contributed by atoms with E-state index in [9.17, 15) is 14.3 Å². The molecule has 0 bridgehead atoms. The van der Waals surface area contributed by atoms with E-state index in [0.29, 0.717) is 24.4 Å². The molecule has 1 fully saturated rings. The number of aliphatic hydroxyl groups is 1. The molecule has 4 rings (SSSR count). The Balaban J connectivity index is 1.51. The van der Waals surface area contributed by atoms with Crippen LogP contribution in [0.15, 0.2) is 42.4 Å². The molecule has 5 N–H and O–H groups in total. The first-order chi connectivity index (χ1) is 14.5. The van der Waals surface area contributed by atoms with Crippen molar-refractivity contribution in [2.75, 3.05) is 18.8 Å². The van der Waals surface area contributed by atoms with Gasteiger partial charge in [-0.25, -0.2) is 9.37 Å². The highest BCUT2D eigenvalue weighted by atomic mass is 19.1. The van der Waals surface area contributed by atoms with Gasteiger partial charge in [0.05, 0.1) is 17.8 Å². The Bertz CT molecular complexity index is 964. The summed E-state index contributed by atoms with van der Waals surface area (Å²) in [6.45, 7) is 1.61. The van der Waals surface area contributed by atoms with Gasteiger partial charge in [0.1, 0.15) is 23.6 Å². The number of nitrogens with zero attached hydrogens (tertiary/aromatic N) is 2. The van der Waals surface area contributed by atoms with Crippen molar-refractivity contribution in [2.24, 2.45) is 5.92 Å². The third-order valence-electron chi connectivity index (χ3n) is 5.91. The van der Waals surface area contributed by atoms with Gasteiger partial charge in [0.2, 0.25) is 0 Å². The van der Waals surface area contributed by atoms with Gasteiger partial charge >= 0.3 is 0 Å². The minimum absolute atomic E-state index is 0.0564. The lowest BCUT2D eigenvalue weighted by molar-refractivity contribution is -0.0364. The highest BCUT2D eigenvalue weighted by Gasteiger charge is 2.30. The number of likely N-dealkylation sites (tertiary alicyclic amines) is 1. The van der Waals surface area contributed by atoms with Crippen LogP contribution in [-0.2, 0) is 0 Å². The molecule has 1 saturated heterocycles. The van der Waals surface area contributed by atoms with E-state index in [4.69, 9.17) is 5.73 Å². The summed E-state index contributed by atoms with van der Waals surface area (Å²) in [5, 5.41) is 14.9. The van der Waals surface area contributed by atoms with Crippen LogP contribution >= 0.6 is 0 Å². The Morgan fingerprint density at radius 1 is 1.37 bits per heavy atom. The number of rotatable bonds is 6. The van der Waals surface area contributed by atoms with Gasteiger partial charge in [0, 0.05) is 18.5 Å². The number of carbonyl (C=O) groups is 1. The fourth-order valence-corrected chi connectivity index (χ4v) is 4.25. The number of anilines is 1. The van der Waals surface area contributed by atoms with E-state index < -0.39 is 12.3 Å². The van der Waals surface area contributed by atoms with Crippen LogP contribution < -0.4 is 11.1 Å². The van der Waals surface area contributed by atoms with Crippen molar-refractivity contribution < 1.29 is 14.3 Å². The predicted octanol–water partition coefficient (Wildman–Crippen LogP) is 2.87. The van der Waals surface area contributed by atoms with Crippen molar-refractivity contribution in [3.63, 3.8) is 0 Å². The van der Waals surface area contributed by atoms with E-state index >= 15 is 0 Å². The number of pyridine rings is 1. The molecule has 3 heterocycles. The fourth-order valence-electron chi connectivity index (χ4n) is 4.25. The number of nitrogen functional groups attached to an aromatic ring is 1. The topological polar surface area (TPSA) is 107 Å². The summed E-state index contributed by atoms with van der Waals surface area (Å²) < 4.78 is 13.3. The molecule has 3 atom stereocenters. The van der Waals surface area contributed by atoms with Crippen LogP contribution in [0.25, 0.3) is 10.9 Å². The maximum Gasteiger partial charge on any atom is 0.268 e. The zero-order valence-electron chi connectivity index (χ0n) is 16.9. The van der Waals surface area contributed by atoms with Crippen LogP contribution in [-0.4, -0.2) is 51.2 Å². The van der Waals surface area contributed by atoms with Gasteiger partial charge in [-0.2, -0.15) is 0 Å². The largest absolute Gasteiger partial charge is 0.384 e. The Morgan fingerprint density at radius 3 is 2.90 bits per heavy atom. The van der Waals surface area contributed by atoms with Gasteiger partial charge in [-0.05, 0) is 55.9 Å². The molecule has 2 aromatic rings. The number of allylic oxidation sites excluding steroid dienone is 4. The highest BCUT2D eigenvalue weighted by molar-refractivity contribution is 5.98. The maximum atomic E-state index is 13.3. The van der Waals surface area contributed by atoms with Crippen LogP contribution in [0.1, 0.15) is 42.6 Å².